The van der Waals surface area contributed by atoms with Gasteiger partial charge in [-0.25, -0.2) is 0 Å². The summed E-state index contributed by atoms with van der Waals surface area (Å²) in [6, 6.07) is 7.08. The Balaban J connectivity index is 2.32. The zero-order chi connectivity index (χ0) is 26.7. The molecule has 0 radical (unpaired) electrons. The van der Waals surface area contributed by atoms with Crippen molar-refractivity contribution >= 4 is 11.8 Å². The van der Waals surface area contributed by atoms with Crippen LogP contribution in [-0.2, 0) is 11.3 Å². The predicted molar refractivity (Wildman–Crippen MR) is 143 cm³/mol. The second kappa shape index (κ2) is 14.5. The fourth-order valence-electron chi connectivity index (χ4n) is 3.97. The van der Waals surface area contributed by atoms with Gasteiger partial charge in [0.25, 0.3) is 5.91 Å². The summed E-state index contributed by atoms with van der Waals surface area (Å²) in [6.07, 6.45) is 4.36. The molecule has 2 rings (SSSR count). The lowest BCUT2D eigenvalue weighted by Gasteiger charge is -2.21. The average Bonchev–Trinajstić information content (AvgIpc) is 3.28. The smallest absolute Gasteiger partial charge is 0.272 e. The van der Waals surface area contributed by atoms with Crippen LogP contribution >= 0.6 is 0 Å². The number of rotatable bonds is 15. The van der Waals surface area contributed by atoms with Crippen LogP contribution < -0.4 is 20.1 Å². The van der Waals surface area contributed by atoms with Crippen molar-refractivity contribution in [2.24, 2.45) is 11.8 Å². The van der Waals surface area contributed by atoms with Crippen molar-refractivity contribution in [2.75, 3.05) is 20.8 Å². The number of amides is 2. The highest BCUT2D eigenvalue weighted by Crippen LogP contribution is 2.39. The molecule has 0 saturated carbocycles. The summed E-state index contributed by atoms with van der Waals surface area (Å²) in [5.41, 5.74) is 1.81. The Hall–Kier alpha value is -3.03. The van der Waals surface area contributed by atoms with E-state index in [0.29, 0.717) is 36.2 Å². The summed E-state index contributed by atoms with van der Waals surface area (Å²) in [6.45, 7) is 11.7. The lowest BCUT2D eigenvalue weighted by molar-refractivity contribution is -0.121. The van der Waals surface area contributed by atoms with Crippen LogP contribution in [0.3, 0.4) is 0 Å². The molecule has 8 nitrogen and oxygen atoms in total. The third-order valence-electron chi connectivity index (χ3n) is 6.51. The summed E-state index contributed by atoms with van der Waals surface area (Å²) < 4.78 is 13.1. The summed E-state index contributed by atoms with van der Waals surface area (Å²) >= 11 is 0. The zero-order valence-corrected chi connectivity index (χ0v) is 23.0. The number of nitrogens with zero attached hydrogens (tertiary/aromatic N) is 2. The molecule has 0 saturated heterocycles. The van der Waals surface area contributed by atoms with Crippen LogP contribution in [0.1, 0.15) is 77.2 Å². The van der Waals surface area contributed by atoms with Gasteiger partial charge in [-0.1, -0.05) is 59.9 Å². The highest BCUT2D eigenvalue weighted by Gasteiger charge is 2.25. The second-order valence-electron chi connectivity index (χ2n) is 9.73. The van der Waals surface area contributed by atoms with E-state index in [-0.39, 0.29) is 30.2 Å². The minimum atomic E-state index is -0.300. The maximum Gasteiger partial charge on any atom is 0.272 e. The maximum atomic E-state index is 13.3. The monoisotopic (exact) mass is 500 g/mol. The molecule has 0 aliphatic heterocycles. The fraction of sp³-hybridized carbons (Fsp3) is 0.607. The lowest BCUT2D eigenvalue weighted by Crippen LogP contribution is -2.42. The molecule has 0 bridgehead atoms. The van der Waals surface area contributed by atoms with Crippen molar-refractivity contribution < 1.29 is 19.1 Å². The molecule has 36 heavy (non-hydrogen) atoms. The molecule has 200 valence electrons. The first-order valence-corrected chi connectivity index (χ1v) is 13.1. The Morgan fingerprint density at radius 2 is 1.72 bits per heavy atom. The molecule has 2 unspecified atom stereocenters. The van der Waals surface area contributed by atoms with E-state index >= 15 is 0 Å². The van der Waals surface area contributed by atoms with E-state index in [2.05, 4.69) is 36.5 Å². The number of nitrogens with one attached hydrogen (secondary N) is 2. The van der Waals surface area contributed by atoms with E-state index in [9.17, 15) is 9.59 Å². The Kier molecular flexibility index (Phi) is 11.8. The van der Waals surface area contributed by atoms with Crippen molar-refractivity contribution in [1.29, 1.82) is 0 Å². The second-order valence-corrected chi connectivity index (χ2v) is 9.73. The van der Waals surface area contributed by atoms with Crippen LogP contribution in [0.25, 0.3) is 11.3 Å². The van der Waals surface area contributed by atoms with E-state index in [4.69, 9.17) is 9.47 Å². The molecule has 2 aromatic rings. The molecule has 1 heterocycles. The quantitative estimate of drug-likeness (QED) is 0.333. The Morgan fingerprint density at radius 3 is 2.28 bits per heavy atom. The van der Waals surface area contributed by atoms with Gasteiger partial charge in [-0.2, -0.15) is 5.10 Å². The topological polar surface area (TPSA) is 94.5 Å². The number of carbonyl (C=O) groups is 2. The van der Waals surface area contributed by atoms with Gasteiger partial charge in [0.05, 0.1) is 25.5 Å². The number of hydrogen-bond acceptors (Lipinski definition) is 5. The molecular formula is C28H44N4O4. The number of methoxy groups -OCH3 is 2. The van der Waals surface area contributed by atoms with Gasteiger partial charge >= 0.3 is 0 Å². The molecule has 2 N–H and O–H groups in total. The van der Waals surface area contributed by atoms with Crippen molar-refractivity contribution in [2.45, 2.75) is 79.3 Å². The minimum Gasteiger partial charge on any atom is -0.496 e. The van der Waals surface area contributed by atoms with Crippen LogP contribution in [-0.4, -0.2) is 48.4 Å². The standard InChI is InChI=1S/C28H44N4O4/c1-8-10-11-15-29-26(33)17-21(19(3)4)30-28(34)22-16-23(32(31-22)18-20(5)9-2)27-24(35-6)13-12-14-25(27)36-7/h12-14,16,19-21H,8-11,15,17-18H2,1-7H3,(H,29,33)(H,30,34). The van der Waals surface area contributed by atoms with E-state index < -0.39 is 0 Å². The molecule has 0 aliphatic carbocycles. The number of carbonyl (C=O) groups excluding carboxylic acids is 2. The molecule has 2 atom stereocenters. The first kappa shape index (κ1) is 29.2. The molecule has 1 aromatic carbocycles. The average molecular weight is 501 g/mol. The molecule has 1 aromatic heterocycles. The number of hydrogen-bond donors (Lipinski definition) is 2. The zero-order valence-electron chi connectivity index (χ0n) is 23.0. The van der Waals surface area contributed by atoms with Crippen LogP contribution in [0, 0.1) is 11.8 Å². The third-order valence-corrected chi connectivity index (χ3v) is 6.51. The largest absolute Gasteiger partial charge is 0.496 e. The number of aromatic nitrogens is 2. The minimum absolute atomic E-state index is 0.0492. The summed E-state index contributed by atoms with van der Waals surface area (Å²) in [7, 11) is 3.23. The maximum absolute atomic E-state index is 13.3. The Labute approximate surface area is 216 Å². The summed E-state index contributed by atoms with van der Waals surface area (Å²) in [5, 5.41) is 10.7. The van der Waals surface area contributed by atoms with Crippen LogP contribution in [0.4, 0.5) is 0 Å². The third kappa shape index (κ3) is 8.00. The normalized spacial score (nSPS) is 12.8. The van der Waals surface area contributed by atoms with Crippen LogP contribution in [0.5, 0.6) is 11.5 Å². The van der Waals surface area contributed by atoms with E-state index in [0.717, 1.165) is 36.9 Å². The van der Waals surface area contributed by atoms with Crippen LogP contribution in [0.15, 0.2) is 24.3 Å². The summed E-state index contributed by atoms with van der Waals surface area (Å²) in [5.74, 6) is 1.39. The van der Waals surface area contributed by atoms with Crippen molar-refractivity contribution in [1.82, 2.24) is 20.4 Å². The van der Waals surface area contributed by atoms with Crippen molar-refractivity contribution in [3.8, 4) is 22.8 Å². The number of benzene rings is 1. The highest BCUT2D eigenvalue weighted by molar-refractivity contribution is 5.94. The van der Waals surface area contributed by atoms with Crippen molar-refractivity contribution in [3.05, 3.63) is 30.0 Å². The fourth-order valence-corrected chi connectivity index (χ4v) is 3.97. The molecule has 0 spiro atoms. The molecule has 2 amide bonds. The van der Waals surface area contributed by atoms with Gasteiger partial charge in [0.2, 0.25) is 5.91 Å². The molecule has 0 fully saturated rings. The summed E-state index contributed by atoms with van der Waals surface area (Å²) in [4.78, 5) is 25.8. The van der Waals surface area contributed by atoms with E-state index in [1.54, 1.807) is 20.3 Å². The SMILES string of the molecule is CCCCCNC(=O)CC(NC(=O)c1cc(-c2c(OC)cccc2OC)n(CC(C)CC)n1)C(C)C. The first-order valence-electron chi connectivity index (χ1n) is 13.1. The lowest BCUT2D eigenvalue weighted by atomic mass is 10.00. The molecule has 8 heteroatoms. The molecular weight excluding hydrogens is 456 g/mol. The van der Waals surface area contributed by atoms with E-state index in [1.165, 1.54) is 0 Å². The molecule has 0 aliphatic rings. The van der Waals surface area contributed by atoms with Gasteiger partial charge < -0.3 is 20.1 Å². The van der Waals surface area contributed by atoms with Gasteiger partial charge in [0.1, 0.15) is 11.5 Å². The van der Waals surface area contributed by atoms with Crippen molar-refractivity contribution in [3.63, 3.8) is 0 Å². The van der Waals surface area contributed by atoms with E-state index in [1.807, 2.05) is 36.7 Å². The van der Waals surface area contributed by atoms with Gasteiger partial charge in [-0.3, -0.25) is 14.3 Å². The highest BCUT2D eigenvalue weighted by atomic mass is 16.5. The van der Waals surface area contributed by atoms with Gasteiger partial charge in [-0.15, -0.1) is 0 Å². The number of ether oxygens (including phenoxy) is 2. The number of unbranched alkanes of at least 4 members (excludes halogenated alkanes) is 2. The Bertz CT molecular complexity index is 964. The van der Waals surface area contributed by atoms with Gasteiger partial charge in [-0.05, 0) is 36.5 Å². The van der Waals surface area contributed by atoms with Gasteiger partial charge in [0.15, 0.2) is 5.69 Å². The van der Waals surface area contributed by atoms with Gasteiger partial charge in [0, 0.05) is 25.6 Å². The first-order chi connectivity index (χ1) is 17.2. The predicted octanol–water partition coefficient (Wildman–Crippen LogP) is 5.06. The Morgan fingerprint density at radius 1 is 1.06 bits per heavy atom. The van der Waals surface area contributed by atoms with Crippen LogP contribution in [0.2, 0.25) is 0 Å².